The van der Waals surface area contributed by atoms with Gasteiger partial charge < -0.3 is 10.1 Å². The molecule has 5 rings (SSSR count). The van der Waals surface area contributed by atoms with Crippen molar-refractivity contribution in [2.24, 2.45) is 0 Å². The van der Waals surface area contributed by atoms with Gasteiger partial charge in [0.05, 0.1) is 22.7 Å². The van der Waals surface area contributed by atoms with Crippen LogP contribution in [0.1, 0.15) is 24.4 Å². The van der Waals surface area contributed by atoms with Crippen molar-refractivity contribution in [1.29, 1.82) is 0 Å². The van der Waals surface area contributed by atoms with Crippen LogP contribution in [-0.4, -0.2) is 30.8 Å². The largest absolute Gasteiger partial charge is 0.490 e. The molecule has 8 heteroatoms. The Morgan fingerprint density at radius 1 is 1.14 bits per heavy atom. The number of rotatable bonds is 5. The number of aromatic amines is 1. The summed E-state index contributed by atoms with van der Waals surface area (Å²) in [5.41, 5.74) is 2.22. The van der Waals surface area contributed by atoms with Crippen LogP contribution >= 0.6 is 0 Å². The number of anilines is 2. The van der Waals surface area contributed by atoms with E-state index in [0.29, 0.717) is 29.0 Å². The third-order valence-corrected chi connectivity index (χ3v) is 4.71. The molecular weight excluding hydrogens is 368 g/mol. The lowest BCUT2D eigenvalue weighted by molar-refractivity contribution is 0.303. The summed E-state index contributed by atoms with van der Waals surface area (Å²) in [4.78, 5) is 25.4. The number of benzene rings is 1. The fourth-order valence-electron chi connectivity index (χ4n) is 3.29. The molecule has 1 aliphatic rings. The van der Waals surface area contributed by atoms with Gasteiger partial charge in [-0.2, -0.15) is 0 Å². The predicted molar refractivity (Wildman–Crippen MR) is 110 cm³/mol. The molecule has 3 heterocycles. The number of aryl methyl sites for hydroxylation is 2. The van der Waals surface area contributed by atoms with E-state index < -0.39 is 0 Å². The van der Waals surface area contributed by atoms with Gasteiger partial charge >= 0.3 is 0 Å². The van der Waals surface area contributed by atoms with Crippen LogP contribution in [-0.2, 0) is 0 Å². The second-order valence-electron chi connectivity index (χ2n) is 7.24. The van der Waals surface area contributed by atoms with Crippen LogP contribution in [0.2, 0.25) is 0 Å². The quantitative estimate of drug-likeness (QED) is 0.544. The van der Waals surface area contributed by atoms with Crippen LogP contribution in [0, 0.1) is 13.8 Å². The zero-order valence-corrected chi connectivity index (χ0v) is 16.1. The number of H-pyrrole nitrogens is 1. The summed E-state index contributed by atoms with van der Waals surface area (Å²) in [5.74, 6) is 2.73. The van der Waals surface area contributed by atoms with E-state index in [1.54, 1.807) is 10.9 Å². The monoisotopic (exact) mass is 388 g/mol. The third kappa shape index (κ3) is 3.56. The standard InChI is InChI=1S/C21H20N6O2/c1-12-8-20(24-13(2)23-12)25-19-10-18-17(11-22-19)21(28)26-27(18)14-4-3-5-16(9-14)29-15-6-7-15/h3-5,8-11,15H,6-7H2,1-2H3,(H,26,28)(H,22,23,24,25). The maximum absolute atomic E-state index is 12.4. The molecule has 1 aromatic carbocycles. The van der Waals surface area contributed by atoms with Crippen LogP contribution in [0.3, 0.4) is 0 Å². The second-order valence-corrected chi connectivity index (χ2v) is 7.24. The summed E-state index contributed by atoms with van der Waals surface area (Å²) in [6.45, 7) is 3.76. The van der Waals surface area contributed by atoms with E-state index in [2.05, 4.69) is 25.4 Å². The van der Waals surface area contributed by atoms with Gasteiger partial charge in [-0.05, 0) is 38.8 Å². The fourth-order valence-corrected chi connectivity index (χ4v) is 3.29. The van der Waals surface area contributed by atoms with E-state index in [0.717, 1.165) is 35.5 Å². The first-order chi connectivity index (χ1) is 14.0. The first-order valence-electron chi connectivity index (χ1n) is 9.52. The number of pyridine rings is 1. The highest BCUT2D eigenvalue weighted by Gasteiger charge is 2.23. The summed E-state index contributed by atoms with van der Waals surface area (Å²) < 4.78 is 7.64. The van der Waals surface area contributed by atoms with E-state index in [1.807, 2.05) is 50.2 Å². The van der Waals surface area contributed by atoms with Gasteiger partial charge in [0, 0.05) is 30.1 Å². The summed E-state index contributed by atoms with van der Waals surface area (Å²) >= 11 is 0. The summed E-state index contributed by atoms with van der Waals surface area (Å²) in [6, 6.07) is 11.4. The number of aromatic nitrogens is 5. The number of hydrogen-bond donors (Lipinski definition) is 2. The van der Waals surface area contributed by atoms with Crippen LogP contribution in [0.5, 0.6) is 5.75 Å². The Balaban J connectivity index is 1.54. The smallest absolute Gasteiger partial charge is 0.273 e. The minimum absolute atomic E-state index is 0.193. The molecule has 4 aromatic rings. The molecule has 0 spiro atoms. The Morgan fingerprint density at radius 2 is 2.00 bits per heavy atom. The Morgan fingerprint density at radius 3 is 2.79 bits per heavy atom. The van der Waals surface area contributed by atoms with Gasteiger partial charge in [0.1, 0.15) is 23.2 Å². The van der Waals surface area contributed by atoms with Crippen molar-refractivity contribution in [3.8, 4) is 11.4 Å². The summed E-state index contributed by atoms with van der Waals surface area (Å²) in [7, 11) is 0. The van der Waals surface area contributed by atoms with Crippen LogP contribution in [0.25, 0.3) is 16.6 Å². The van der Waals surface area contributed by atoms with E-state index in [9.17, 15) is 4.79 Å². The van der Waals surface area contributed by atoms with Crippen molar-refractivity contribution in [1.82, 2.24) is 24.7 Å². The number of hydrogen-bond acceptors (Lipinski definition) is 6. The number of nitrogens with one attached hydrogen (secondary N) is 2. The maximum Gasteiger partial charge on any atom is 0.273 e. The SMILES string of the molecule is Cc1cc(Nc2cc3c(cn2)c(=O)[nH]n3-c2cccc(OC3CC3)c2)nc(C)n1. The van der Waals surface area contributed by atoms with E-state index in [1.165, 1.54) is 0 Å². The highest BCUT2D eigenvalue weighted by atomic mass is 16.5. The van der Waals surface area contributed by atoms with Crippen LogP contribution < -0.4 is 15.6 Å². The minimum Gasteiger partial charge on any atom is -0.490 e. The van der Waals surface area contributed by atoms with Crippen LogP contribution in [0.15, 0.2) is 47.4 Å². The topological polar surface area (TPSA) is 97.7 Å². The second kappa shape index (κ2) is 6.73. The van der Waals surface area contributed by atoms with E-state index in [4.69, 9.17) is 4.74 Å². The van der Waals surface area contributed by atoms with Gasteiger partial charge in [0.25, 0.3) is 5.56 Å². The van der Waals surface area contributed by atoms with Crippen molar-refractivity contribution >= 4 is 22.5 Å². The van der Waals surface area contributed by atoms with E-state index >= 15 is 0 Å². The molecule has 1 fully saturated rings. The first kappa shape index (κ1) is 17.4. The summed E-state index contributed by atoms with van der Waals surface area (Å²) in [5, 5.41) is 6.59. The van der Waals surface area contributed by atoms with E-state index in [-0.39, 0.29) is 5.56 Å². The Hall–Kier alpha value is -3.68. The molecule has 2 N–H and O–H groups in total. The van der Waals surface area contributed by atoms with Gasteiger partial charge in [-0.1, -0.05) is 6.07 Å². The highest BCUT2D eigenvalue weighted by molar-refractivity contribution is 5.82. The van der Waals surface area contributed by atoms with Crippen molar-refractivity contribution in [2.75, 3.05) is 5.32 Å². The molecule has 29 heavy (non-hydrogen) atoms. The Bertz CT molecular complexity index is 1250. The number of ether oxygens (including phenoxy) is 1. The fraction of sp³-hybridized carbons (Fsp3) is 0.238. The zero-order chi connectivity index (χ0) is 20.0. The molecule has 0 unspecified atom stereocenters. The van der Waals surface area contributed by atoms with Gasteiger partial charge in [0.2, 0.25) is 0 Å². The molecule has 0 bridgehead atoms. The lowest BCUT2D eigenvalue weighted by atomic mass is 10.2. The minimum atomic E-state index is -0.193. The molecule has 146 valence electrons. The van der Waals surface area contributed by atoms with Gasteiger partial charge in [-0.15, -0.1) is 0 Å². The molecule has 0 atom stereocenters. The maximum atomic E-state index is 12.4. The van der Waals surface area contributed by atoms with Crippen molar-refractivity contribution in [3.63, 3.8) is 0 Å². The normalized spacial score (nSPS) is 13.6. The zero-order valence-electron chi connectivity index (χ0n) is 16.1. The van der Waals surface area contributed by atoms with Gasteiger partial charge in [0.15, 0.2) is 0 Å². The van der Waals surface area contributed by atoms with Gasteiger partial charge in [-0.3, -0.25) is 14.6 Å². The van der Waals surface area contributed by atoms with Crippen LogP contribution in [0.4, 0.5) is 11.6 Å². The van der Waals surface area contributed by atoms with Crippen molar-refractivity contribution in [2.45, 2.75) is 32.8 Å². The predicted octanol–water partition coefficient (Wildman–Crippen LogP) is 3.41. The van der Waals surface area contributed by atoms with Gasteiger partial charge in [-0.25, -0.2) is 15.0 Å². The molecule has 0 aliphatic heterocycles. The average Bonchev–Trinajstić information content (AvgIpc) is 3.43. The molecule has 0 radical (unpaired) electrons. The lowest BCUT2D eigenvalue weighted by Crippen LogP contribution is -2.04. The molecule has 8 nitrogen and oxygen atoms in total. The highest BCUT2D eigenvalue weighted by Crippen LogP contribution is 2.28. The van der Waals surface area contributed by atoms with Crippen molar-refractivity contribution < 1.29 is 4.74 Å². The first-order valence-corrected chi connectivity index (χ1v) is 9.52. The Kier molecular flexibility index (Phi) is 4.04. The lowest BCUT2D eigenvalue weighted by Gasteiger charge is -2.10. The molecule has 3 aromatic heterocycles. The molecule has 1 aliphatic carbocycles. The molecular formula is C21H20N6O2. The molecule has 0 saturated heterocycles. The summed E-state index contributed by atoms with van der Waals surface area (Å²) in [6.07, 6.45) is 4.07. The van der Waals surface area contributed by atoms with Crippen molar-refractivity contribution in [3.05, 3.63) is 64.5 Å². The average molecular weight is 388 g/mol. The Labute approximate surface area is 166 Å². The number of fused-ring (bicyclic) bond motifs is 1. The number of nitrogens with zero attached hydrogens (tertiary/aromatic N) is 4. The molecule has 0 amide bonds. The molecule has 1 saturated carbocycles. The third-order valence-electron chi connectivity index (χ3n) is 4.71.